The third-order valence-corrected chi connectivity index (χ3v) is 3.46. The summed E-state index contributed by atoms with van der Waals surface area (Å²) in [5, 5.41) is 4.12. The van der Waals surface area contributed by atoms with Crippen molar-refractivity contribution in [3.05, 3.63) is 41.0 Å². The van der Waals surface area contributed by atoms with E-state index in [1.54, 1.807) is 13.2 Å². The number of fused-ring (bicyclic) bond motifs is 1. The van der Waals surface area contributed by atoms with Crippen LogP contribution in [-0.2, 0) is 4.74 Å². The third-order valence-electron chi connectivity index (χ3n) is 3.27. The number of hydrogen-bond acceptors (Lipinski definition) is 3. The van der Waals surface area contributed by atoms with Crippen LogP contribution in [0.4, 0.5) is 0 Å². The molecule has 1 aromatic carbocycles. The molecule has 0 aliphatic heterocycles. The monoisotopic (exact) mass is 306 g/mol. The molecule has 0 fully saturated rings. The minimum atomic E-state index is -0.147. The number of para-hydroxylation sites is 1. The molecule has 1 aromatic heterocycles. The Hall–Kier alpha value is -1.65. The molecule has 0 saturated heterocycles. The predicted octanol–water partition coefficient (Wildman–Crippen LogP) is 3.43. The number of nitrogens with one attached hydrogen (secondary N) is 1. The predicted molar refractivity (Wildman–Crippen MR) is 84.8 cm³/mol. The molecular weight excluding hydrogens is 288 g/mol. The fraction of sp³-hybridized carbons (Fsp3) is 0.375. The molecule has 2 aromatic rings. The van der Waals surface area contributed by atoms with Crippen LogP contribution in [0, 0.1) is 0 Å². The minimum Gasteiger partial charge on any atom is -0.383 e. The van der Waals surface area contributed by atoms with E-state index in [9.17, 15) is 4.79 Å². The second-order valence-electron chi connectivity index (χ2n) is 4.92. The van der Waals surface area contributed by atoms with Crippen molar-refractivity contribution in [3.8, 4) is 0 Å². The van der Waals surface area contributed by atoms with E-state index < -0.39 is 0 Å². The number of methoxy groups -OCH3 is 1. The van der Waals surface area contributed by atoms with Crippen LogP contribution in [0.15, 0.2) is 30.3 Å². The zero-order chi connectivity index (χ0) is 15.2. The van der Waals surface area contributed by atoms with Gasteiger partial charge in [-0.05, 0) is 18.6 Å². The van der Waals surface area contributed by atoms with E-state index in [4.69, 9.17) is 16.3 Å². The summed E-state index contributed by atoms with van der Waals surface area (Å²) >= 11 is 6.01. The summed E-state index contributed by atoms with van der Waals surface area (Å²) < 4.78 is 5.15. The Bertz CT molecular complexity index is 625. The third kappa shape index (κ3) is 3.93. The quantitative estimate of drug-likeness (QED) is 0.832. The van der Waals surface area contributed by atoms with Gasteiger partial charge in [-0.2, -0.15) is 0 Å². The number of ether oxygens (including phenoxy) is 1. The highest BCUT2D eigenvalue weighted by molar-refractivity contribution is 6.30. The van der Waals surface area contributed by atoms with Gasteiger partial charge >= 0.3 is 0 Å². The highest BCUT2D eigenvalue weighted by atomic mass is 35.5. The maximum Gasteiger partial charge on any atom is 0.252 e. The normalized spacial score (nSPS) is 12.3. The molecule has 0 aliphatic carbocycles. The van der Waals surface area contributed by atoms with Crippen LogP contribution >= 0.6 is 11.6 Å². The molecule has 0 spiro atoms. The average molecular weight is 307 g/mol. The Balaban J connectivity index is 2.30. The molecular formula is C16H19ClN2O2. The summed E-state index contributed by atoms with van der Waals surface area (Å²) in [4.78, 5) is 16.7. The highest BCUT2D eigenvalue weighted by Gasteiger charge is 2.16. The van der Waals surface area contributed by atoms with E-state index in [0.29, 0.717) is 22.8 Å². The molecule has 1 heterocycles. The largest absolute Gasteiger partial charge is 0.383 e. The number of hydrogen-bond donors (Lipinski definition) is 1. The summed E-state index contributed by atoms with van der Waals surface area (Å²) in [6.45, 7) is 2.57. The summed E-state index contributed by atoms with van der Waals surface area (Å²) in [6.07, 6.45) is 1.85. The Kier molecular flexibility index (Phi) is 5.53. The topological polar surface area (TPSA) is 51.2 Å². The summed E-state index contributed by atoms with van der Waals surface area (Å²) in [7, 11) is 1.63. The highest BCUT2D eigenvalue weighted by Crippen LogP contribution is 2.21. The zero-order valence-corrected chi connectivity index (χ0v) is 13.0. The lowest BCUT2D eigenvalue weighted by molar-refractivity contribution is 0.0893. The van der Waals surface area contributed by atoms with Crippen molar-refractivity contribution in [2.45, 2.75) is 25.8 Å². The molecule has 4 nitrogen and oxygen atoms in total. The fourth-order valence-corrected chi connectivity index (χ4v) is 2.54. The number of carbonyl (C=O) groups is 1. The maximum absolute atomic E-state index is 12.5. The molecule has 2 rings (SSSR count). The molecule has 112 valence electrons. The van der Waals surface area contributed by atoms with Crippen molar-refractivity contribution in [2.24, 2.45) is 0 Å². The lowest BCUT2D eigenvalue weighted by atomic mass is 10.1. The molecule has 0 saturated carbocycles. The van der Waals surface area contributed by atoms with Gasteiger partial charge in [0, 0.05) is 12.5 Å². The number of benzene rings is 1. The summed E-state index contributed by atoms with van der Waals surface area (Å²) in [5.41, 5.74) is 1.26. The van der Waals surface area contributed by atoms with Crippen LogP contribution in [0.5, 0.6) is 0 Å². The molecule has 5 heteroatoms. The van der Waals surface area contributed by atoms with Crippen LogP contribution in [0.25, 0.3) is 10.9 Å². The van der Waals surface area contributed by atoms with Crippen molar-refractivity contribution >= 4 is 28.4 Å². The number of nitrogens with zero attached hydrogens (tertiary/aromatic N) is 1. The van der Waals surface area contributed by atoms with Crippen molar-refractivity contribution < 1.29 is 9.53 Å². The van der Waals surface area contributed by atoms with Gasteiger partial charge in [-0.3, -0.25) is 4.79 Å². The van der Waals surface area contributed by atoms with Crippen molar-refractivity contribution in [1.82, 2.24) is 10.3 Å². The fourth-order valence-electron chi connectivity index (χ4n) is 2.34. The standard InChI is InChI=1S/C16H19ClN2O2/c1-3-6-11(10-21-2)18-16(20)13-9-15(17)19-14-8-5-4-7-12(13)14/h4-5,7-9,11H,3,6,10H2,1-2H3,(H,18,20). The van der Waals surface area contributed by atoms with Gasteiger partial charge in [0.1, 0.15) is 5.15 Å². The van der Waals surface area contributed by atoms with Crippen LogP contribution in [0.1, 0.15) is 30.1 Å². The van der Waals surface area contributed by atoms with E-state index in [1.807, 2.05) is 24.3 Å². The molecule has 0 radical (unpaired) electrons. The molecule has 1 atom stereocenters. The number of pyridine rings is 1. The van der Waals surface area contributed by atoms with Gasteiger partial charge in [0.25, 0.3) is 5.91 Å². The van der Waals surface area contributed by atoms with Crippen LogP contribution < -0.4 is 5.32 Å². The Morgan fingerprint density at radius 1 is 1.43 bits per heavy atom. The van der Waals surface area contributed by atoms with Gasteiger partial charge in [-0.25, -0.2) is 4.98 Å². The molecule has 0 aliphatic rings. The Morgan fingerprint density at radius 2 is 2.19 bits per heavy atom. The van der Waals surface area contributed by atoms with E-state index in [0.717, 1.165) is 18.2 Å². The lowest BCUT2D eigenvalue weighted by Crippen LogP contribution is -2.38. The smallest absolute Gasteiger partial charge is 0.252 e. The van der Waals surface area contributed by atoms with Crippen molar-refractivity contribution in [1.29, 1.82) is 0 Å². The first-order valence-electron chi connectivity index (χ1n) is 7.00. The van der Waals surface area contributed by atoms with Crippen LogP contribution in [0.3, 0.4) is 0 Å². The molecule has 1 unspecified atom stereocenters. The van der Waals surface area contributed by atoms with E-state index in [-0.39, 0.29) is 11.9 Å². The number of carbonyl (C=O) groups excluding carboxylic acids is 1. The first-order chi connectivity index (χ1) is 10.2. The number of aromatic nitrogens is 1. The van der Waals surface area contributed by atoms with Gasteiger partial charge in [-0.15, -0.1) is 0 Å². The molecule has 1 amide bonds. The van der Waals surface area contributed by atoms with Crippen molar-refractivity contribution in [2.75, 3.05) is 13.7 Å². The first-order valence-corrected chi connectivity index (χ1v) is 7.38. The van der Waals surface area contributed by atoms with Crippen molar-refractivity contribution in [3.63, 3.8) is 0 Å². The lowest BCUT2D eigenvalue weighted by Gasteiger charge is -2.17. The molecule has 1 N–H and O–H groups in total. The molecule has 0 bridgehead atoms. The second kappa shape index (κ2) is 7.38. The maximum atomic E-state index is 12.5. The van der Waals surface area contributed by atoms with E-state index in [2.05, 4.69) is 17.2 Å². The van der Waals surface area contributed by atoms with Gasteiger partial charge in [0.05, 0.1) is 23.7 Å². The number of rotatable bonds is 6. The molecule has 21 heavy (non-hydrogen) atoms. The van der Waals surface area contributed by atoms with Crippen LogP contribution in [0.2, 0.25) is 5.15 Å². The Labute approximate surface area is 129 Å². The van der Waals surface area contributed by atoms with Gasteiger partial charge in [-0.1, -0.05) is 43.1 Å². The average Bonchev–Trinajstić information content (AvgIpc) is 2.46. The number of amides is 1. The van der Waals surface area contributed by atoms with Gasteiger partial charge in [0.2, 0.25) is 0 Å². The van der Waals surface area contributed by atoms with Crippen LogP contribution in [-0.4, -0.2) is 30.6 Å². The number of halogens is 1. The second-order valence-corrected chi connectivity index (χ2v) is 5.31. The summed E-state index contributed by atoms with van der Waals surface area (Å²) in [6, 6.07) is 9.08. The van der Waals surface area contributed by atoms with Gasteiger partial charge in [0.15, 0.2) is 0 Å². The first kappa shape index (κ1) is 15.7. The van der Waals surface area contributed by atoms with E-state index >= 15 is 0 Å². The summed E-state index contributed by atoms with van der Waals surface area (Å²) in [5.74, 6) is -0.147. The van der Waals surface area contributed by atoms with Gasteiger partial charge < -0.3 is 10.1 Å². The Morgan fingerprint density at radius 3 is 2.90 bits per heavy atom. The van der Waals surface area contributed by atoms with E-state index in [1.165, 1.54) is 0 Å². The SMILES string of the molecule is CCCC(COC)NC(=O)c1cc(Cl)nc2ccccc12. The zero-order valence-electron chi connectivity index (χ0n) is 12.2. The minimum absolute atomic E-state index is 0.00166.